The molecule has 3 nitrogen and oxygen atoms in total. The molecule has 1 saturated heterocycles. The summed E-state index contributed by atoms with van der Waals surface area (Å²) in [4.78, 5) is 10.2. The molecule has 2 atom stereocenters. The first-order chi connectivity index (χ1) is 8.90. The van der Waals surface area contributed by atoms with Crippen LogP contribution in [0, 0.1) is 0 Å². The average Bonchev–Trinajstić information content (AvgIpc) is 2.45. The van der Waals surface area contributed by atoms with Crippen LogP contribution in [-0.4, -0.2) is 12.9 Å². The van der Waals surface area contributed by atoms with Crippen LogP contribution in [-0.2, 0) is 14.5 Å². The Balaban J connectivity index is 1.95. The van der Waals surface area contributed by atoms with Gasteiger partial charge in [0.1, 0.15) is 0 Å². The highest BCUT2D eigenvalue weighted by Gasteiger charge is 2.21. The molecule has 1 aliphatic heterocycles. The predicted octanol–water partition coefficient (Wildman–Crippen LogP) is 4.00. The molecule has 0 N–H and O–H groups in total. The van der Waals surface area contributed by atoms with E-state index in [-0.39, 0.29) is 12.4 Å². The number of hydrogen-bond acceptors (Lipinski definition) is 3. The van der Waals surface area contributed by atoms with E-state index in [9.17, 15) is 0 Å². The molecule has 1 fully saturated rings. The van der Waals surface area contributed by atoms with Crippen molar-refractivity contribution in [2.45, 2.75) is 51.4 Å². The highest BCUT2D eigenvalue weighted by atomic mass is 17.2. The Labute approximate surface area is 109 Å². The minimum absolute atomic E-state index is 0.109. The van der Waals surface area contributed by atoms with Gasteiger partial charge in [-0.2, -0.15) is 0 Å². The zero-order chi connectivity index (χ0) is 12.6. The summed E-state index contributed by atoms with van der Waals surface area (Å²) in [5.41, 5.74) is 1.22. The standard InChI is InChI=1S/C15H22O3/c1-2-3-10-14(13-8-5-4-6-9-13)17-15-11-7-12-16-18-15/h4-6,8-9,14-15H,2-3,7,10-12H2,1H3. The minimum Gasteiger partial charge on any atom is -0.342 e. The molecule has 0 saturated carbocycles. The fourth-order valence-electron chi connectivity index (χ4n) is 2.13. The summed E-state index contributed by atoms with van der Waals surface area (Å²) >= 11 is 0. The first-order valence-corrected chi connectivity index (χ1v) is 6.89. The van der Waals surface area contributed by atoms with Crippen LogP contribution in [0.2, 0.25) is 0 Å². The third-order valence-corrected chi connectivity index (χ3v) is 3.15. The van der Waals surface area contributed by atoms with Crippen LogP contribution < -0.4 is 0 Å². The van der Waals surface area contributed by atoms with Crippen molar-refractivity contribution >= 4 is 0 Å². The van der Waals surface area contributed by atoms with Gasteiger partial charge < -0.3 is 4.74 Å². The van der Waals surface area contributed by atoms with Gasteiger partial charge in [0.25, 0.3) is 0 Å². The lowest BCUT2D eigenvalue weighted by atomic mass is 10.0. The van der Waals surface area contributed by atoms with Gasteiger partial charge in [0.15, 0.2) is 6.29 Å². The molecule has 0 radical (unpaired) electrons. The van der Waals surface area contributed by atoms with Crippen molar-refractivity contribution in [1.29, 1.82) is 0 Å². The largest absolute Gasteiger partial charge is 0.342 e. The van der Waals surface area contributed by atoms with Gasteiger partial charge in [0.05, 0.1) is 12.7 Å². The van der Waals surface area contributed by atoms with Gasteiger partial charge >= 0.3 is 0 Å². The predicted molar refractivity (Wildman–Crippen MR) is 69.9 cm³/mol. The second-order valence-electron chi connectivity index (χ2n) is 4.67. The van der Waals surface area contributed by atoms with E-state index in [1.165, 1.54) is 12.0 Å². The lowest BCUT2D eigenvalue weighted by molar-refractivity contribution is -0.405. The molecule has 0 spiro atoms. The van der Waals surface area contributed by atoms with Crippen LogP contribution in [0.3, 0.4) is 0 Å². The molecule has 2 rings (SSSR count). The molecule has 0 amide bonds. The molecule has 1 aliphatic rings. The number of benzene rings is 1. The lowest BCUT2D eigenvalue weighted by Gasteiger charge is -2.27. The van der Waals surface area contributed by atoms with E-state index in [4.69, 9.17) is 14.5 Å². The van der Waals surface area contributed by atoms with Crippen molar-refractivity contribution in [2.75, 3.05) is 6.61 Å². The molecule has 3 heteroatoms. The molecule has 2 unspecified atom stereocenters. The normalized spacial score (nSPS) is 21.7. The Hall–Kier alpha value is -0.900. The molecule has 0 aromatic heterocycles. The Kier molecular flexibility index (Phi) is 5.65. The van der Waals surface area contributed by atoms with Crippen LogP contribution in [0.1, 0.15) is 50.7 Å². The quantitative estimate of drug-likeness (QED) is 0.714. The maximum atomic E-state index is 6.03. The van der Waals surface area contributed by atoms with E-state index in [1.807, 2.05) is 6.07 Å². The van der Waals surface area contributed by atoms with E-state index in [0.29, 0.717) is 6.61 Å². The van der Waals surface area contributed by atoms with Crippen molar-refractivity contribution in [3.05, 3.63) is 35.9 Å². The van der Waals surface area contributed by atoms with Gasteiger partial charge in [-0.05, 0) is 18.4 Å². The lowest BCUT2D eigenvalue weighted by Crippen LogP contribution is -2.25. The van der Waals surface area contributed by atoms with E-state index in [1.54, 1.807) is 0 Å². The van der Waals surface area contributed by atoms with Crippen molar-refractivity contribution in [2.24, 2.45) is 0 Å². The Bertz CT molecular complexity index is 320. The topological polar surface area (TPSA) is 27.7 Å². The third-order valence-electron chi connectivity index (χ3n) is 3.15. The summed E-state index contributed by atoms with van der Waals surface area (Å²) in [6.07, 6.45) is 5.16. The zero-order valence-electron chi connectivity index (χ0n) is 11.0. The van der Waals surface area contributed by atoms with E-state index < -0.39 is 0 Å². The number of rotatable bonds is 6. The van der Waals surface area contributed by atoms with E-state index >= 15 is 0 Å². The van der Waals surface area contributed by atoms with Gasteiger partial charge in [-0.25, -0.2) is 9.78 Å². The second-order valence-corrected chi connectivity index (χ2v) is 4.67. The van der Waals surface area contributed by atoms with Gasteiger partial charge in [0, 0.05) is 6.42 Å². The highest BCUT2D eigenvalue weighted by molar-refractivity contribution is 5.17. The van der Waals surface area contributed by atoms with Crippen LogP contribution in [0.15, 0.2) is 30.3 Å². The Morgan fingerprint density at radius 3 is 2.83 bits per heavy atom. The van der Waals surface area contributed by atoms with Gasteiger partial charge in [-0.15, -0.1) is 0 Å². The second kappa shape index (κ2) is 7.52. The van der Waals surface area contributed by atoms with Gasteiger partial charge in [-0.3, -0.25) is 0 Å². The molecular weight excluding hydrogens is 228 g/mol. The van der Waals surface area contributed by atoms with E-state index in [2.05, 4.69) is 31.2 Å². The summed E-state index contributed by atoms with van der Waals surface area (Å²) in [5, 5.41) is 0. The summed E-state index contributed by atoms with van der Waals surface area (Å²) in [6, 6.07) is 10.4. The minimum atomic E-state index is -0.221. The number of unbranched alkanes of at least 4 members (excludes halogenated alkanes) is 1. The van der Waals surface area contributed by atoms with Crippen molar-refractivity contribution < 1.29 is 14.5 Å². The summed E-state index contributed by atoms with van der Waals surface area (Å²) < 4.78 is 6.03. The van der Waals surface area contributed by atoms with Crippen LogP contribution in [0.5, 0.6) is 0 Å². The first kappa shape index (κ1) is 13.5. The number of ether oxygens (including phenoxy) is 1. The zero-order valence-corrected chi connectivity index (χ0v) is 11.0. The maximum Gasteiger partial charge on any atom is 0.191 e. The molecule has 0 aliphatic carbocycles. The third kappa shape index (κ3) is 4.09. The van der Waals surface area contributed by atoms with Crippen molar-refractivity contribution in [3.63, 3.8) is 0 Å². The summed E-state index contributed by atoms with van der Waals surface area (Å²) in [7, 11) is 0. The summed E-state index contributed by atoms with van der Waals surface area (Å²) in [6.45, 7) is 2.87. The first-order valence-electron chi connectivity index (χ1n) is 6.89. The summed E-state index contributed by atoms with van der Waals surface area (Å²) in [5.74, 6) is 0. The van der Waals surface area contributed by atoms with E-state index in [0.717, 1.165) is 25.7 Å². The van der Waals surface area contributed by atoms with Crippen molar-refractivity contribution in [3.8, 4) is 0 Å². The molecule has 100 valence electrons. The average molecular weight is 250 g/mol. The Morgan fingerprint density at radius 1 is 1.33 bits per heavy atom. The molecule has 18 heavy (non-hydrogen) atoms. The molecular formula is C15H22O3. The fraction of sp³-hybridized carbons (Fsp3) is 0.600. The van der Waals surface area contributed by atoms with Crippen LogP contribution in [0.25, 0.3) is 0 Å². The monoisotopic (exact) mass is 250 g/mol. The maximum absolute atomic E-state index is 6.03. The van der Waals surface area contributed by atoms with Gasteiger partial charge in [-0.1, -0.05) is 50.1 Å². The smallest absolute Gasteiger partial charge is 0.191 e. The Morgan fingerprint density at radius 2 is 2.17 bits per heavy atom. The SMILES string of the molecule is CCCCC(OC1CCCOO1)c1ccccc1. The van der Waals surface area contributed by atoms with Crippen LogP contribution >= 0.6 is 0 Å². The highest BCUT2D eigenvalue weighted by Crippen LogP contribution is 2.27. The van der Waals surface area contributed by atoms with Crippen LogP contribution in [0.4, 0.5) is 0 Å². The number of hydrogen-bond donors (Lipinski definition) is 0. The van der Waals surface area contributed by atoms with Crippen molar-refractivity contribution in [1.82, 2.24) is 0 Å². The van der Waals surface area contributed by atoms with Gasteiger partial charge in [0.2, 0.25) is 0 Å². The molecule has 0 bridgehead atoms. The molecule has 1 heterocycles. The molecule has 1 aromatic carbocycles. The fourth-order valence-corrected chi connectivity index (χ4v) is 2.13. The molecule has 1 aromatic rings.